The van der Waals surface area contributed by atoms with E-state index in [9.17, 15) is 18.7 Å². The Hall–Kier alpha value is -3.35. The predicted octanol–water partition coefficient (Wildman–Crippen LogP) is 4.80. The molecule has 1 unspecified atom stereocenters. The average molecular weight is 636 g/mol. The largest absolute Gasteiger partial charge is 0.404 e. The summed E-state index contributed by atoms with van der Waals surface area (Å²) < 4.78 is 53.3. The van der Waals surface area contributed by atoms with Crippen molar-refractivity contribution >= 4 is 33.6 Å². The van der Waals surface area contributed by atoms with E-state index in [0.29, 0.717) is 0 Å². The summed E-state index contributed by atoms with van der Waals surface area (Å²) in [6, 6.07) is 23.9. The third-order valence-corrected chi connectivity index (χ3v) is 14.9. The van der Waals surface area contributed by atoms with E-state index in [1.54, 1.807) is 26.0 Å². The summed E-state index contributed by atoms with van der Waals surface area (Å²) in [5.41, 5.74) is 8.21. The molecule has 2 saturated heterocycles. The molecule has 10 nitrogen and oxygen atoms in total. The second-order valence-corrected chi connectivity index (χ2v) is 18.8. The van der Waals surface area contributed by atoms with Crippen LogP contribution in [0, 0.1) is 6.92 Å². The number of nitrogens with zero attached hydrogens (tertiary/aromatic N) is 3. The van der Waals surface area contributed by atoms with Crippen LogP contribution in [0.5, 0.6) is 0 Å². The minimum absolute atomic E-state index is 0.208. The maximum Gasteiger partial charge on any atom is 0.285 e. The molecule has 0 radical (unpaired) electrons. The quantitative estimate of drug-likeness (QED) is 0.150. The highest BCUT2D eigenvalue weighted by Gasteiger charge is 2.68. The zero-order valence-electron chi connectivity index (χ0n) is 25.6. The molecule has 2 fully saturated rings. The van der Waals surface area contributed by atoms with Gasteiger partial charge in [0.25, 0.3) is 13.4 Å². The number of rotatable bonds is 8. The van der Waals surface area contributed by atoms with Gasteiger partial charge in [-0.2, -0.15) is 0 Å². The number of benzene rings is 3. The Morgan fingerprint density at radius 3 is 1.98 bits per heavy atom. The fraction of sp³-hybridized carbons (Fsp3) is 0.406. The van der Waals surface area contributed by atoms with Gasteiger partial charge in [-0.25, -0.2) is 8.42 Å². The van der Waals surface area contributed by atoms with Gasteiger partial charge in [-0.3, -0.25) is 4.79 Å². The van der Waals surface area contributed by atoms with Crippen LogP contribution >= 0.6 is 0 Å². The van der Waals surface area contributed by atoms with Gasteiger partial charge in [-0.15, -0.1) is 0 Å². The molecule has 2 aliphatic heterocycles. The molecule has 0 bridgehead atoms. The van der Waals surface area contributed by atoms with E-state index in [0.717, 1.165) is 15.9 Å². The van der Waals surface area contributed by atoms with E-state index in [1.165, 1.54) is 12.1 Å². The third-order valence-electron chi connectivity index (χ3n) is 8.22. The fourth-order valence-corrected chi connectivity index (χ4v) is 12.2. The minimum Gasteiger partial charge on any atom is -0.404 e. The number of carbonyl (C=O) groups excluding carboxylic acids is 1. The first-order chi connectivity index (χ1) is 20.7. The molecule has 0 spiro atoms. The third kappa shape index (κ3) is 5.41. The molecule has 0 amide bonds. The molecule has 0 aromatic heterocycles. The normalized spacial score (nSPS) is 24.8. The number of fused-ring (bicyclic) bond motifs is 1. The van der Waals surface area contributed by atoms with Crippen LogP contribution in [-0.2, 0) is 33.3 Å². The van der Waals surface area contributed by atoms with Gasteiger partial charge in [0, 0.05) is 4.91 Å². The number of carbonyl (C=O) groups is 1. The number of azide groups is 1. The van der Waals surface area contributed by atoms with Crippen LogP contribution in [0.15, 0.2) is 94.9 Å². The lowest BCUT2D eigenvalue weighted by molar-refractivity contribution is -0.227. The van der Waals surface area contributed by atoms with Crippen molar-refractivity contribution in [2.24, 2.45) is 5.11 Å². The van der Waals surface area contributed by atoms with Gasteiger partial charge < -0.3 is 18.6 Å². The van der Waals surface area contributed by atoms with E-state index in [1.807, 2.05) is 67.6 Å². The molecule has 5 rings (SSSR count). The van der Waals surface area contributed by atoms with Crippen molar-refractivity contribution in [3.8, 4) is 0 Å². The molecule has 2 aliphatic rings. The zero-order valence-corrected chi connectivity index (χ0v) is 27.4. The fourth-order valence-electron chi connectivity index (χ4n) is 6.20. The molecule has 0 aliphatic carbocycles. The minimum atomic E-state index is -4.66. The van der Waals surface area contributed by atoms with Crippen LogP contribution in [0.25, 0.3) is 10.4 Å². The Kier molecular flexibility index (Phi) is 8.40. The highest BCUT2D eigenvalue weighted by atomic mass is 32.2. The first-order valence-electron chi connectivity index (χ1n) is 14.4. The van der Waals surface area contributed by atoms with Crippen LogP contribution in [0.4, 0.5) is 0 Å². The summed E-state index contributed by atoms with van der Waals surface area (Å²) in [6.45, 7) is 10.8. The first-order valence-corrected chi connectivity index (χ1v) is 17.8. The van der Waals surface area contributed by atoms with Crippen LogP contribution < -0.4 is 10.4 Å². The molecule has 232 valence electrons. The number of hydrogen-bond acceptors (Lipinski definition) is 8. The van der Waals surface area contributed by atoms with E-state index in [-0.39, 0.29) is 4.90 Å². The summed E-state index contributed by atoms with van der Waals surface area (Å²) in [4.78, 5) is 17.3. The smallest absolute Gasteiger partial charge is 0.285 e. The summed E-state index contributed by atoms with van der Waals surface area (Å²) >= 11 is 0. The molecule has 0 saturated carbocycles. The monoisotopic (exact) mass is 635 g/mol. The molecule has 3 aromatic carbocycles. The van der Waals surface area contributed by atoms with Gasteiger partial charge in [0.2, 0.25) is 9.84 Å². The van der Waals surface area contributed by atoms with Crippen molar-refractivity contribution in [3.05, 3.63) is 101 Å². The number of sulfone groups is 1. The van der Waals surface area contributed by atoms with E-state index in [4.69, 9.17) is 18.6 Å². The lowest BCUT2D eigenvalue weighted by atomic mass is 9.95. The zero-order chi connectivity index (χ0) is 32.0. The standard InChI is InChI=1S/C32H37N3O7SSi/c1-22-17-19-23(20-18-22)43(37,38)29(36)32(27(34-35-33)26-28(42-32)41-31(5,6)40-26)21-39-44(30(2,3)4,24-13-9-7-10-14-24)25-15-11-8-12-16-25/h7-20,26-28H,21H2,1-6H3/t26-,27+,28?,32-/m1/s1. The molecule has 0 N–H and O–H groups in total. The van der Waals surface area contributed by atoms with Crippen LogP contribution in [0.1, 0.15) is 40.2 Å². The Morgan fingerprint density at radius 1 is 0.932 bits per heavy atom. The Bertz CT molecular complexity index is 1630. The molecule has 2 heterocycles. The van der Waals surface area contributed by atoms with Crippen LogP contribution in [0.2, 0.25) is 5.04 Å². The maximum atomic E-state index is 14.5. The predicted molar refractivity (Wildman–Crippen MR) is 168 cm³/mol. The van der Waals surface area contributed by atoms with Gasteiger partial charge in [0.15, 0.2) is 17.7 Å². The highest BCUT2D eigenvalue weighted by Crippen LogP contribution is 2.47. The SMILES string of the molecule is Cc1ccc(S(=O)(=O)C(=O)[C@]2(CO[Si](c3ccccc3)(c3ccccc3)C(C)(C)C)OC3OC(C)(C)O[C@@H]3[C@@H]2N=[N+]=[N-])cc1. The topological polar surface area (TPSA) is 137 Å². The Morgan fingerprint density at radius 2 is 1.48 bits per heavy atom. The van der Waals surface area contributed by atoms with Gasteiger partial charge in [-0.05, 0) is 53.8 Å². The van der Waals surface area contributed by atoms with Gasteiger partial charge in [0.1, 0.15) is 12.1 Å². The molecular weight excluding hydrogens is 599 g/mol. The lowest BCUT2D eigenvalue weighted by Gasteiger charge is -2.45. The van der Waals surface area contributed by atoms with Gasteiger partial charge >= 0.3 is 0 Å². The summed E-state index contributed by atoms with van der Waals surface area (Å²) in [5, 5.41) is 3.97. The summed E-state index contributed by atoms with van der Waals surface area (Å²) in [5.74, 6) is -1.12. The second kappa shape index (κ2) is 11.5. The lowest BCUT2D eigenvalue weighted by Crippen LogP contribution is -2.69. The van der Waals surface area contributed by atoms with Crippen molar-refractivity contribution in [2.45, 2.75) is 81.3 Å². The van der Waals surface area contributed by atoms with Gasteiger partial charge in [-0.1, -0.05) is 104 Å². The van der Waals surface area contributed by atoms with Gasteiger partial charge in [0.05, 0.1) is 11.5 Å². The van der Waals surface area contributed by atoms with Crippen molar-refractivity contribution in [1.29, 1.82) is 0 Å². The van der Waals surface area contributed by atoms with E-state index < -0.39 is 64.7 Å². The number of ether oxygens (including phenoxy) is 3. The molecule has 44 heavy (non-hydrogen) atoms. The molecule has 3 aromatic rings. The van der Waals surface area contributed by atoms with E-state index in [2.05, 4.69) is 30.8 Å². The van der Waals surface area contributed by atoms with E-state index >= 15 is 0 Å². The highest BCUT2D eigenvalue weighted by molar-refractivity contribution is 8.06. The average Bonchev–Trinajstić information content (AvgIpc) is 3.43. The second-order valence-electron chi connectivity index (χ2n) is 12.7. The van der Waals surface area contributed by atoms with Crippen molar-refractivity contribution in [1.82, 2.24) is 0 Å². The van der Waals surface area contributed by atoms with Crippen molar-refractivity contribution in [2.75, 3.05) is 6.61 Å². The summed E-state index contributed by atoms with van der Waals surface area (Å²) in [6.07, 6.45) is -2.23. The van der Waals surface area contributed by atoms with Crippen molar-refractivity contribution in [3.63, 3.8) is 0 Å². The molecule has 12 heteroatoms. The Balaban J connectivity index is 1.70. The first kappa shape index (κ1) is 32.1. The van der Waals surface area contributed by atoms with Crippen LogP contribution in [-0.4, -0.2) is 58.3 Å². The molecular formula is C32H37N3O7SSi. The maximum absolute atomic E-state index is 14.5. The number of hydrogen-bond donors (Lipinski definition) is 0. The molecule has 4 atom stereocenters. The summed E-state index contributed by atoms with van der Waals surface area (Å²) in [7, 11) is -7.98. The Labute approximate surface area is 259 Å². The van der Waals surface area contributed by atoms with Crippen LogP contribution in [0.3, 0.4) is 0 Å². The number of aryl methyl sites for hydroxylation is 1. The van der Waals surface area contributed by atoms with Crippen molar-refractivity contribution < 1.29 is 31.8 Å².